The van der Waals surface area contributed by atoms with Gasteiger partial charge in [0, 0.05) is 50.7 Å². The molecule has 1 amide bonds. The van der Waals surface area contributed by atoms with Gasteiger partial charge in [0.05, 0.1) is 11.6 Å². The summed E-state index contributed by atoms with van der Waals surface area (Å²) in [7, 11) is 2.00. The monoisotopic (exact) mass is 441 g/mol. The van der Waals surface area contributed by atoms with Crippen molar-refractivity contribution in [3.8, 4) is 6.07 Å². The van der Waals surface area contributed by atoms with Crippen LogP contribution in [0.3, 0.4) is 0 Å². The molecule has 2 aromatic carbocycles. The normalized spacial score (nSPS) is 17.9. The zero-order valence-electron chi connectivity index (χ0n) is 19.3. The molecule has 1 N–H and O–H groups in total. The van der Waals surface area contributed by atoms with Crippen molar-refractivity contribution in [2.45, 2.75) is 25.3 Å². The van der Waals surface area contributed by atoms with Crippen LogP contribution in [0.5, 0.6) is 0 Å². The summed E-state index contributed by atoms with van der Waals surface area (Å²) in [6, 6.07) is 18.7. The molecule has 0 spiro atoms. The number of amides is 1. The zero-order valence-corrected chi connectivity index (χ0v) is 19.3. The van der Waals surface area contributed by atoms with Crippen molar-refractivity contribution in [3.63, 3.8) is 0 Å². The van der Waals surface area contributed by atoms with E-state index in [0.717, 1.165) is 62.4 Å². The van der Waals surface area contributed by atoms with Crippen molar-refractivity contribution in [1.82, 2.24) is 19.7 Å². The van der Waals surface area contributed by atoms with Crippen LogP contribution >= 0.6 is 0 Å². The molecule has 0 radical (unpaired) electrons. The molecule has 3 aromatic rings. The molecule has 33 heavy (non-hydrogen) atoms. The summed E-state index contributed by atoms with van der Waals surface area (Å²) in [4.78, 5) is 17.7. The molecule has 0 atom stereocenters. The van der Waals surface area contributed by atoms with E-state index >= 15 is 0 Å². The minimum atomic E-state index is 0.120. The van der Waals surface area contributed by atoms with Gasteiger partial charge in [-0.1, -0.05) is 18.2 Å². The smallest absolute Gasteiger partial charge is 0.270 e. The molecule has 2 aliphatic heterocycles. The summed E-state index contributed by atoms with van der Waals surface area (Å²) >= 11 is 0. The maximum absolute atomic E-state index is 13.4. The highest BCUT2D eigenvalue weighted by molar-refractivity contribution is 5.99. The second-order valence-corrected chi connectivity index (χ2v) is 9.31. The number of carbonyl (C=O) groups is 1. The lowest BCUT2D eigenvalue weighted by molar-refractivity contribution is 0.0619. The molecule has 2 aliphatic rings. The first-order valence-corrected chi connectivity index (χ1v) is 11.9. The first-order valence-electron chi connectivity index (χ1n) is 11.9. The van der Waals surface area contributed by atoms with Crippen molar-refractivity contribution in [2.24, 2.45) is 7.05 Å². The van der Waals surface area contributed by atoms with Crippen LogP contribution < -0.4 is 5.32 Å². The number of fused-ring (bicyclic) bond motifs is 1. The maximum atomic E-state index is 13.4. The predicted octanol–water partition coefficient (Wildman–Crippen LogP) is 3.47. The van der Waals surface area contributed by atoms with Crippen molar-refractivity contribution >= 4 is 16.8 Å². The summed E-state index contributed by atoms with van der Waals surface area (Å²) < 4.78 is 2.05. The Kier molecular flexibility index (Phi) is 6.17. The molecule has 1 aromatic heterocycles. The van der Waals surface area contributed by atoms with Gasteiger partial charge in [-0.2, -0.15) is 5.26 Å². The molecule has 0 saturated carbocycles. The fourth-order valence-corrected chi connectivity index (χ4v) is 5.20. The molecule has 2 fully saturated rings. The third-order valence-electron chi connectivity index (χ3n) is 7.24. The fraction of sp³-hybridized carbons (Fsp3) is 0.407. The Morgan fingerprint density at radius 3 is 2.45 bits per heavy atom. The van der Waals surface area contributed by atoms with Crippen LogP contribution in [-0.4, -0.2) is 59.5 Å². The van der Waals surface area contributed by atoms with E-state index in [0.29, 0.717) is 11.5 Å². The molecule has 6 nitrogen and oxygen atoms in total. The van der Waals surface area contributed by atoms with E-state index in [4.69, 9.17) is 5.26 Å². The molecule has 0 unspecified atom stereocenters. The van der Waals surface area contributed by atoms with Crippen LogP contribution in [-0.2, 0) is 13.6 Å². The summed E-state index contributed by atoms with van der Waals surface area (Å²) in [6.07, 6.45) is 2.35. The van der Waals surface area contributed by atoms with Gasteiger partial charge in [0.25, 0.3) is 5.91 Å². The molecule has 170 valence electrons. The van der Waals surface area contributed by atoms with E-state index in [1.165, 1.54) is 24.0 Å². The lowest BCUT2D eigenvalue weighted by Crippen LogP contribution is -2.48. The van der Waals surface area contributed by atoms with Gasteiger partial charge >= 0.3 is 0 Å². The number of nitriles is 1. The first kappa shape index (κ1) is 21.7. The lowest BCUT2D eigenvalue weighted by atomic mass is 9.90. The summed E-state index contributed by atoms with van der Waals surface area (Å²) in [5, 5.41) is 13.6. The SMILES string of the molecule is Cn1c(C(=O)N2CCN(Cc3ccc(C#N)cc3)CC2)cc2cc(C3CCNCC3)ccc21. The van der Waals surface area contributed by atoms with Gasteiger partial charge in [0.2, 0.25) is 0 Å². The molecule has 0 aliphatic carbocycles. The van der Waals surface area contributed by atoms with E-state index in [1.807, 2.05) is 40.8 Å². The topological polar surface area (TPSA) is 64.3 Å². The van der Waals surface area contributed by atoms with E-state index in [9.17, 15) is 4.79 Å². The van der Waals surface area contributed by atoms with E-state index < -0.39 is 0 Å². The highest BCUT2D eigenvalue weighted by Gasteiger charge is 2.25. The van der Waals surface area contributed by atoms with E-state index in [-0.39, 0.29) is 5.91 Å². The lowest BCUT2D eigenvalue weighted by Gasteiger charge is -2.34. The summed E-state index contributed by atoms with van der Waals surface area (Å²) in [5.41, 5.74) is 5.17. The van der Waals surface area contributed by atoms with Gasteiger partial charge in [-0.15, -0.1) is 0 Å². The molecular weight excluding hydrogens is 410 g/mol. The van der Waals surface area contributed by atoms with Gasteiger partial charge in [0.15, 0.2) is 0 Å². The number of hydrogen-bond donors (Lipinski definition) is 1. The summed E-state index contributed by atoms with van der Waals surface area (Å²) in [5.74, 6) is 0.731. The van der Waals surface area contributed by atoms with E-state index in [1.54, 1.807) is 0 Å². The summed E-state index contributed by atoms with van der Waals surface area (Å²) in [6.45, 7) is 6.19. The minimum absolute atomic E-state index is 0.120. The van der Waals surface area contributed by atoms with Crippen LogP contribution in [0, 0.1) is 11.3 Å². The third-order valence-corrected chi connectivity index (χ3v) is 7.24. The molecule has 2 saturated heterocycles. The largest absolute Gasteiger partial charge is 0.340 e. The third kappa shape index (κ3) is 4.52. The van der Waals surface area contributed by atoms with Gasteiger partial charge in [-0.05, 0) is 73.3 Å². The Labute approximate surface area is 195 Å². The van der Waals surface area contributed by atoms with Crippen molar-refractivity contribution in [3.05, 3.63) is 70.9 Å². The average Bonchev–Trinajstić information content (AvgIpc) is 3.20. The van der Waals surface area contributed by atoms with Crippen LogP contribution in [0.4, 0.5) is 0 Å². The number of piperazine rings is 1. The van der Waals surface area contributed by atoms with Crippen molar-refractivity contribution in [1.29, 1.82) is 5.26 Å². The highest BCUT2D eigenvalue weighted by Crippen LogP contribution is 2.29. The Hall–Kier alpha value is -3.14. The number of nitrogens with one attached hydrogen (secondary N) is 1. The number of aromatic nitrogens is 1. The zero-order chi connectivity index (χ0) is 22.8. The number of aryl methyl sites for hydroxylation is 1. The van der Waals surface area contributed by atoms with Crippen LogP contribution in [0.25, 0.3) is 10.9 Å². The quantitative estimate of drug-likeness (QED) is 0.673. The second-order valence-electron chi connectivity index (χ2n) is 9.31. The Bertz CT molecular complexity index is 1180. The van der Waals surface area contributed by atoms with Crippen molar-refractivity contribution < 1.29 is 4.79 Å². The van der Waals surface area contributed by atoms with Gasteiger partial charge in [0.1, 0.15) is 5.69 Å². The van der Waals surface area contributed by atoms with Crippen LogP contribution in [0.1, 0.15) is 45.9 Å². The Morgan fingerprint density at radius 1 is 1.03 bits per heavy atom. The van der Waals surface area contributed by atoms with Gasteiger partial charge in [-0.25, -0.2) is 0 Å². The molecule has 0 bridgehead atoms. The number of hydrogen-bond acceptors (Lipinski definition) is 4. The Morgan fingerprint density at radius 2 is 1.76 bits per heavy atom. The molecule has 3 heterocycles. The highest BCUT2D eigenvalue weighted by atomic mass is 16.2. The molecular formula is C27H31N5O. The molecule has 6 heteroatoms. The van der Waals surface area contributed by atoms with E-state index in [2.05, 4.69) is 40.6 Å². The van der Waals surface area contributed by atoms with Crippen molar-refractivity contribution in [2.75, 3.05) is 39.3 Å². The minimum Gasteiger partial charge on any atom is -0.340 e. The maximum Gasteiger partial charge on any atom is 0.270 e. The number of nitrogens with zero attached hydrogens (tertiary/aromatic N) is 4. The Balaban J connectivity index is 1.25. The number of rotatable bonds is 4. The average molecular weight is 442 g/mol. The van der Waals surface area contributed by atoms with Gasteiger partial charge < -0.3 is 14.8 Å². The van der Waals surface area contributed by atoms with Crippen LogP contribution in [0.2, 0.25) is 0 Å². The second kappa shape index (κ2) is 9.38. The predicted molar refractivity (Wildman–Crippen MR) is 130 cm³/mol. The molecule has 5 rings (SSSR count). The number of carbonyl (C=O) groups excluding carboxylic acids is 1. The van der Waals surface area contributed by atoms with Crippen LogP contribution in [0.15, 0.2) is 48.5 Å². The number of benzene rings is 2. The fourth-order valence-electron chi connectivity index (χ4n) is 5.20. The first-order chi connectivity index (χ1) is 16.1. The standard InChI is InChI=1S/C27H31N5O/c1-30-25-7-6-23(22-8-10-29-11-9-22)16-24(25)17-26(30)27(33)32-14-12-31(13-15-32)19-21-4-2-20(18-28)3-5-21/h2-7,16-17,22,29H,8-15,19H2,1H3. The number of piperidine rings is 1. The van der Waals surface area contributed by atoms with Gasteiger partial charge in [-0.3, -0.25) is 9.69 Å².